The van der Waals surface area contributed by atoms with Crippen LogP contribution in [-0.4, -0.2) is 13.4 Å². The summed E-state index contributed by atoms with van der Waals surface area (Å²) in [4.78, 5) is 4.31. The maximum absolute atomic E-state index is 10.7. The molecule has 0 aliphatic carbocycles. The van der Waals surface area contributed by atoms with Gasteiger partial charge in [0.05, 0.1) is 10.4 Å². The zero-order chi connectivity index (χ0) is 16.2. The van der Waals surface area contributed by atoms with Gasteiger partial charge in [-0.25, -0.2) is 18.5 Å². The Labute approximate surface area is 129 Å². The van der Waals surface area contributed by atoms with Crippen molar-refractivity contribution in [2.75, 3.05) is 5.73 Å². The second kappa shape index (κ2) is 6.55. The van der Waals surface area contributed by atoms with Crippen molar-refractivity contribution in [3.8, 4) is 0 Å². The topological polar surface area (TPSA) is 99.1 Å². The predicted octanol–water partition coefficient (Wildman–Crippen LogP) is 2.46. The summed E-state index contributed by atoms with van der Waals surface area (Å²) in [5, 5.41) is 6.01. The number of nitrogen functional groups attached to an aromatic ring is 1. The highest BCUT2D eigenvalue weighted by Gasteiger charge is 2.04. The number of nitrogens with two attached hydrogens (primary N) is 2. The summed E-state index contributed by atoms with van der Waals surface area (Å²) in [6.45, 7) is 1.88. The van der Waals surface area contributed by atoms with Gasteiger partial charge in [0.2, 0.25) is 10.0 Å². The number of para-hydroxylation sites is 1. The Bertz CT molecular complexity index is 875. The Morgan fingerprint density at radius 3 is 2.18 bits per heavy atom. The van der Waals surface area contributed by atoms with Crippen LogP contribution in [-0.2, 0) is 10.0 Å². The highest BCUT2D eigenvalue weighted by Crippen LogP contribution is 2.11. The zero-order valence-corrected chi connectivity index (χ0v) is 12.9. The average molecular weight is 315 g/mol. The van der Waals surface area contributed by atoms with E-state index in [4.69, 9.17) is 10.9 Å². The minimum atomic E-state index is -3.52. The second-order valence-corrected chi connectivity index (χ2v) is 6.35. The second-order valence-electron chi connectivity index (χ2n) is 4.79. The van der Waals surface area contributed by atoms with Crippen LogP contribution in [0.5, 0.6) is 0 Å². The maximum atomic E-state index is 10.7. The number of fused-ring (bicyclic) bond motifs is 1. The first-order valence-corrected chi connectivity index (χ1v) is 8.11. The molecule has 3 aromatic rings. The fraction of sp³-hybridized carbons (Fsp3) is 0.0625. The Balaban J connectivity index is 0.000000160. The van der Waals surface area contributed by atoms with Crippen LogP contribution in [0, 0.1) is 6.92 Å². The number of aryl methyl sites for hydroxylation is 1. The van der Waals surface area contributed by atoms with Gasteiger partial charge in [0.1, 0.15) is 5.82 Å². The van der Waals surface area contributed by atoms with E-state index >= 15 is 0 Å². The monoisotopic (exact) mass is 315 g/mol. The number of pyridine rings is 1. The zero-order valence-electron chi connectivity index (χ0n) is 12.1. The lowest BCUT2D eigenvalue weighted by atomic mass is 10.2. The summed E-state index contributed by atoms with van der Waals surface area (Å²) < 4.78 is 21.4. The summed E-state index contributed by atoms with van der Waals surface area (Å²) in [6.07, 6.45) is 0. The lowest BCUT2D eigenvalue weighted by Gasteiger charge is -1.96. The van der Waals surface area contributed by atoms with Gasteiger partial charge in [0, 0.05) is 5.39 Å². The summed E-state index contributed by atoms with van der Waals surface area (Å²) in [7, 11) is -3.52. The van der Waals surface area contributed by atoms with Crippen molar-refractivity contribution in [3.63, 3.8) is 0 Å². The molecule has 0 atom stereocenters. The van der Waals surface area contributed by atoms with Gasteiger partial charge in [-0.2, -0.15) is 0 Å². The first kappa shape index (κ1) is 15.9. The number of hydrogen-bond donors (Lipinski definition) is 2. The van der Waals surface area contributed by atoms with Gasteiger partial charge in [-0.3, -0.25) is 0 Å². The van der Waals surface area contributed by atoms with E-state index in [1.54, 1.807) is 12.1 Å². The van der Waals surface area contributed by atoms with E-state index < -0.39 is 10.0 Å². The number of benzene rings is 2. The molecule has 0 radical (unpaired) electrons. The highest BCUT2D eigenvalue weighted by molar-refractivity contribution is 7.89. The van der Waals surface area contributed by atoms with E-state index in [0.29, 0.717) is 5.82 Å². The van der Waals surface area contributed by atoms with E-state index in [1.807, 2.05) is 43.3 Å². The number of aromatic nitrogens is 1. The van der Waals surface area contributed by atoms with Crippen LogP contribution < -0.4 is 10.9 Å². The largest absolute Gasteiger partial charge is 0.384 e. The first-order valence-electron chi connectivity index (χ1n) is 6.57. The Hall–Kier alpha value is -2.44. The van der Waals surface area contributed by atoms with Crippen LogP contribution in [0.2, 0.25) is 0 Å². The number of hydrogen-bond acceptors (Lipinski definition) is 4. The van der Waals surface area contributed by atoms with Gasteiger partial charge in [-0.05, 0) is 37.3 Å². The molecular formula is C16H17N3O2S. The minimum absolute atomic E-state index is 0.156. The third kappa shape index (κ3) is 4.28. The minimum Gasteiger partial charge on any atom is -0.384 e. The van der Waals surface area contributed by atoms with Crippen molar-refractivity contribution in [3.05, 3.63) is 66.2 Å². The molecule has 114 valence electrons. The number of rotatable bonds is 1. The molecule has 2 aromatic carbocycles. The Kier molecular flexibility index (Phi) is 4.75. The molecule has 3 rings (SSSR count). The van der Waals surface area contributed by atoms with Gasteiger partial charge in [-0.1, -0.05) is 35.9 Å². The van der Waals surface area contributed by atoms with Crippen LogP contribution >= 0.6 is 0 Å². The fourth-order valence-electron chi connectivity index (χ4n) is 1.81. The maximum Gasteiger partial charge on any atom is 0.238 e. The molecule has 0 aliphatic heterocycles. The SMILES string of the molecule is Cc1ccc(S(N)(=O)=O)cc1.Nc1ccc2ccccc2n1. The molecule has 4 N–H and O–H groups in total. The van der Waals surface area contributed by atoms with Crippen molar-refractivity contribution >= 4 is 26.7 Å². The Morgan fingerprint density at radius 1 is 0.909 bits per heavy atom. The van der Waals surface area contributed by atoms with Crippen molar-refractivity contribution < 1.29 is 8.42 Å². The lowest BCUT2D eigenvalue weighted by molar-refractivity contribution is 0.598. The standard InChI is InChI=1S/C9H8N2.C7H9NO2S/c10-9-6-5-7-3-1-2-4-8(7)11-9;1-6-2-4-7(5-3-6)11(8,9)10/h1-6H,(H2,10,11);2-5H,1H3,(H2,8,9,10). The smallest absolute Gasteiger partial charge is 0.238 e. The number of primary sulfonamides is 1. The molecule has 22 heavy (non-hydrogen) atoms. The van der Waals surface area contributed by atoms with Crippen molar-refractivity contribution in [1.82, 2.24) is 4.98 Å². The van der Waals surface area contributed by atoms with Gasteiger partial charge in [-0.15, -0.1) is 0 Å². The van der Waals surface area contributed by atoms with Crippen LogP contribution in [0.1, 0.15) is 5.56 Å². The van der Waals surface area contributed by atoms with Crippen LogP contribution in [0.15, 0.2) is 65.6 Å². The van der Waals surface area contributed by atoms with Crippen molar-refractivity contribution in [2.24, 2.45) is 5.14 Å². The Morgan fingerprint density at radius 2 is 1.55 bits per heavy atom. The van der Waals surface area contributed by atoms with Gasteiger partial charge < -0.3 is 5.73 Å². The van der Waals surface area contributed by atoms with Crippen molar-refractivity contribution in [2.45, 2.75) is 11.8 Å². The molecule has 5 nitrogen and oxygen atoms in total. The van der Waals surface area contributed by atoms with E-state index in [1.165, 1.54) is 12.1 Å². The lowest BCUT2D eigenvalue weighted by Crippen LogP contribution is -2.11. The quantitative estimate of drug-likeness (QED) is 0.720. The van der Waals surface area contributed by atoms with Gasteiger partial charge in [0.25, 0.3) is 0 Å². The summed E-state index contributed by atoms with van der Waals surface area (Å²) in [5.41, 5.74) is 7.48. The molecule has 0 unspecified atom stereocenters. The number of anilines is 1. The van der Waals surface area contributed by atoms with E-state index in [9.17, 15) is 8.42 Å². The molecule has 0 spiro atoms. The highest BCUT2D eigenvalue weighted by atomic mass is 32.2. The summed E-state index contributed by atoms with van der Waals surface area (Å²) in [6, 6.07) is 18.1. The third-order valence-electron chi connectivity index (χ3n) is 2.97. The summed E-state index contributed by atoms with van der Waals surface area (Å²) >= 11 is 0. The third-order valence-corrected chi connectivity index (χ3v) is 3.90. The van der Waals surface area contributed by atoms with E-state index in [2.05, 4.69) is 4.98 Å². The van der Waals surface area contributed by atoms with Gasteiger partial charge >= 0.3 is 0 Å². The number of nitrogens with zero attached hydrogens (tertiary/aromatic N) is 1. The first-order chi connectivity index (χ1) is 10.4. The average Bonchev–Trinajstić information content (AvgIpc) is 2.47. The fourth-order valence-corrected chi connectivity index (χ4v) is 2.33. The van der Waals surface area contributed by atoms with E-state index in [-0.39, 0.29) is 4.90 Å². The molecular weight excluding hydrogens is 298 g/mol. The van der Waals surface area contributed by atoms with Gasteiger partial charge in [0.15, 0.2) is 0 Å². The van der Waals surface area contributed by atoms with Crippen LogP contribution in [0.3, 0.4) is 0 Å². The molecule has 1 heterocycles. The van der Waals surface area contributed by atoms with Crippen LogP contribution in [0.25, 0.3) is 10.9 Å². The molecule has 6 heteroatoms. The normalized spacial score (nSPS) is 10.8. The molecule has 0 aliphatic rings. The molecule has 0 saturated heterocycles. The molecule has 0 saturated carbocycles. The van der Waals surface area contributed by atoms with Crippen molar-refractivity contribution in [1.29, 1.82) is 0 Å². The molecule has 0 fully saturated rings. The molecule has 0 amide bonds. The van der Waals surface area contributed by atoms with E-state index in [0.717, 1.165) is 16.5 Å². The molecule has 0 bridgehead atoms. The molecule has 1 aromatic heterocycles. The van der Waals surface area contributed by atoms with Crippen LogP contribution in [0.4, 0.5) is 5.82 Å². The number of sulfonamides is 1. The summed E-state index contributed by atoms with van der Waals surface area (Å²) in [5.74, 6) is 0.573. The predicted molar refractivity (Wildman–Crippen MR) is 88.7 cm³/mol.